The van der Waals surface area contributed by atoms with Gasteiger partial charge in [0, 0.05) is 13.0 Å². The summed E-state index contributed by atoms with van der Waals surface area (Å²) in [7, 11) is 0. The fraction of sp³-hybridized carbons (Fsp3) is 0.955. The molecule has 0 radical (unpaired) electrons. The third-order valence-electron chi connectivity index (χ3n) is 4.42. The minimum atomic E-state index is -0.132. The smallest absolute Gasteiger partial charge is 0.306 e. The Labute approximate surface area is 162 Å². The minimum Gasteiger partial charge on any atom is -0.463 e. The fourth-order valence-corrected chi connectivity index (χ4v) is 2.98. The SMILES string of the molecule is CC(C)OCCCCCCC(O)CCCCCCCCC(=O)OC(C)C. The number of carbonyl (C=O) groups excluding carboxylic acids is 1. The molecule has 0 bridgehead atoms. The highest BCUT2D eigenvalue weighted by Crippen LogP contribution is 2.14. The van der Waals surface area contributed by atoms with Gasteiger partial charge in [0.05, 0.1) is 18.3 Å². The topological polar surface area (TPSA) is 55.8 Å². The van der Waals surface area contributed by atoms with E-state index in [0.717, 1.165) is 51.6 Å². The van der Waals surface area contributed by atoms with Gasteiger partial charge in [-0.15, -0.1) is 0 Å². The van der Waals surface area contributed by atoms with Crippen LogP contribution < -0.4 is 0 Å². The number of unbranched alkanes of at least 4 members (excludes halogenated alkanes) is 8. The summed E-state index contributed by atoms with van der Waals surface area (Å²) in [5.41, 5.74) is 0. The van der Waals surface area contributed by atoms with E-state index in [1.807, 2.05) is 13.8 Å². The molecular formula is C22H44O4. The van der Waals surface area contributed by atoms with Gasteiger partial charge < -0.3 is 14.6 Å². The second kappa shape index (κ2) is 17.8. The molecule has 0 aliphatic rings. The summed E-state index contributed by atoms with van der Waals surface area (Å²) in [6.45, 7) is 8.77. The predicted octanol–water partition coefficient (Wildman–Crippen LogP) is 5.80. The van der Waals surface area contributed by atoms with Crippen molar-refractivity contribution in [1.29, 1.82) is 0 Å². The number of ether oxygens (including phenoxy) is 2. The zero-order valence-electron chi connectivity index (χ0n) is 17.8. The van der Waals surface area contributed by atoms with Crippen LogP contribution in [0.15, 0.2) is 0 Å². The van der Waals surface area contributed by atoms with Gasteiger partial charge in [-0.05, 0) is 53.4 Å². The van der Waals surface area contributed by atoms with E-state index in [9.17, 15) is 9.90 Å². The molecule has 1 atom stereocenters. The van der Waals surface area contributed by atoms with Crippen LogP contribution in [0.5, 0.6) is 0 Å². The lowest BCUT2D eigenvalue weighted by Crippen LogP contribution is -2.10. The lowest BCUT2D eigenvalue weighted by molar-refractivity contribution is -0.147. The van der Waals surface area contributed by atoms with E-state index in [0.29, 0.717) is 12.5 Å². The largest absolute Gasteiger partial charge is 0.463 e. The lowest BCUT2D eigenvalue weighted by atomic mass is 10.0. The van der Waals surface area contributed by atoms with E-state index in [1.54, 1.807) is 0 Å². The van der Waals surface area contributed by atoms with Crippen LogP contribution >= 0.6 is 0 Å². The number of carbonyl (C=O) groups is 1. The quantitative estimate of drug-likeness (QED) is 0.244. The Morgan fingerprint density at radius 3 is 1.77 bits per heavy atom. The highest BCUT2D eigenvalue weighted by atomic mass is 16.5. The van der Waals surface area contributed by atoms with Gasteiger partial charge in [0.15, 0.2) is 0 Å². The molecule has 0 heterocycles. The highest BCUT2D eigenvalue weighted by Gasteiger charge is 2.05. The summed E-state index contributed by atoms with van der Waals surface area (Å²) in [4.78, 5) is 11.4. The number of hydrogen-bond acceptors (Lipinski definition) is 4. The number of esters is 1. The first-order valence-corrected chi connectivity index (χ1v) is 10.9. The average Bonchev–Trinajstić information content (AvgIpc) is 2.55. The van der Waals surface area contributed by atoms with E-state index in [1.165, 1.54) is 32.1 Å². The molecule has 0 spiro atoms. The molecule has 4 heteroatoms. The minimum absolute atomic E-state index is 0.00665. The molecule has 0 aromatic carbocycles. The molecule has 0 saturated carbocycles. The van der Waals surface area contributed by atoms with Crippen molar-refractivity contribution in [2.24, 2.45) is 0 Å². The van der Waals surface area contributed by atoms with E-state index in [-0.39, 0.29) is 18.2 Å². The van der Waals surface area contributed by atoms with Crippen molar-refractivity contribution >= 4 is 5.97 Å². The number of aliphatic hydroxyl groups is 1. The number of hydrogen-bond donors (Lipinski definition) is 1. The van der Waals surface area contributed by atoms with Crippen LogP contribution in [0.4, 0.5) is 0 Å². The Balaban J connectivity index is 3.26. The summed E-state index contributed by atoms with van der Waals surface area (Å²) in [5.74, 6) is -0.0735. The maximum Gasteiger partial charge on any atom is 0.306 e. The highest BCUT2D eigenvalue weighted by molar-refractivity contribution is 5.69. The molecule has 0 aromatic rings. The van der Waals surface area contributed by atoms with Crippen molar-refractivity contribution in [3.8, 4) is 0 Å². The second-order valence-electron chi connectivity index (χ2n) is 7.97. The van der Waals surface area contributed by atoms with Gasteiger partial charge in [-0.1, -0.05) is 51.4 Å². The molecule has 0 aromatic heterocycles. The summed E-state index contributed by atoms with van der Waals surface area (Å²) in [5, 5.41) is 10.0. The van der Waals surface area contributed by atoms with Gasteiger partial charge in [-0.2, -0.15) is 0 Å². The molecule has 0 aliphatic heterocycles. The Morgan fingerprint density at radius 2 is 1.23 bits per heavy atom. The lowest BCUT2D eigenvalue weighted by Gasteiger charge is -2.11. The van der Waals surface area contributed by atoms with Crippen LogP contribution in [0, 0.1) is 0 Å². The number of aliphatic hydroxyl groups excluding tert-OH is 1. The molecule has 0 rings (SSSR count). The molecule has 156 valence electrons. The normalized spacial score (nSPS) is 12.7. The Hall–Kier alpha value is -0.610. The Kier molecular flexibility index (Phi) is 17.4. The molecule has 26 heavy (non-hydrogen) atoms. The molecule has 0 amide bonds. The van der Waals surface area contributed by atoms with Gasteiger partial charge in [-0.25, -0.2) is 0 Å². The Bertz CT molecular complexity index is 315. The monoisotopic (exact) mass is 372 g/mol. The first-order valence-electron chi connectivity index (χ1n) is 10.9. The third-order valence-corrected chi connectivity index (χ3v) is 4.42. The maximum absolute atomic E-state index is 11.4. The van der Waals surface area contributed by atoms with Gasteiger partial charge in [0.25, 0.3) is 0 Å². The van der Waals surface area contributed by atoms with Crippen molar-refractivity contribution in [3.63, 3.8) is 0 Å². The van der Waals surface area contributed by atoms with Crippen molar-refractivity contribution in [2.45, 2.75) is 129 Å². The summed E-state index contributed by atoms with van der Waals surface area (Å²) >= 11 is 0. The molecule has 1 N–H and O–H groups in total. The summed E-state index contributed by atoms with van der Waals surface area (Å²) in [6, 6.07) is 0. The van der Waals surface area contributed by atoms with Gasteiger partial charge in [0.2, 0.25) is 0 Å². The zero-order valence-corrected chi connectivity index (χ0v) is 17.8. The predicted molar refractivity (Wildman–Crippen MR) is 108 cm³/mol. The van der Waals surface area contributed by atoms with Crippen LogP contribution in [0.3, 0.4) is 0 Å². The second-order valence-corrected chi connectivity index (χ2v) is 7.97. The third kappa shape index (κ3) is 19.7. The molecule has 0 fully saturated rings. The average molecular weight is 373 g/mol. The molecule has 1 unspecified atom stereocenters. The standard InChI is InChI=1S/C22H44O4/c1-19(2)25-18-14-10-9-12-16-21(23)15-11-7-5-6-8-13-17-22(24)26-20(3)4/h19-21,23H,5-18H2,1-4H3. The molecular weight excluding hydrogens is 328 g/mol. The van der Waals surface area contributed by atoms with E-state index < -0.39 is 0 Å². The van der Waals surface area contributed by atoms with E-state index in [4.69, 9.17) is 9.47 Å². The van der Waals surface area contributed by atoms with Gasteiger partial charge >= 0.3 is 5.97 Å². The van der Waals surface area contributed by atoms with Crippen LogP contribution in [0.25, 0.3) is 0 Å². The Morgan fingerprint density at radius 1 is 0.731 bits per heavy atom. The van der Waals surface area contributed by atoms with Crippen LogP contribution in [-0.2, 0) is 14.3 Å². The van der Waals surface area contributed by atoms with Crippen molar-refractivity contribution < 1.29 is 19.4 Å². The molecule has 4 nitrogen and oxygen atoms in total. The van der Waals surface area contributed by atoms with E-state index in [2.05, 4.69) is 13.8 Å². The molecule has 0 aliphatic carbocycles. The number of rotatable bonds is 18. The molecule has 0 saturated heterocycles. The first-order chi connectivity index (χ1) is 12.4. The van der Waals surface area contributed by atoms with Crippen molar-refractivity contribution in [3.05, 3.63) is 0 Å². The first kappa shape index (κ1) is 25.4. The van der Waals surface area contributed by atoms with E-state index >= 15 is 0 Å². The van der Waals surface area contributed by atoms with Crippen LogP contribution in [-0.4, -0.2) is 36.0 Å². The fourth-order valence-electron chi connectivity index (χ4n) is 2.98. The summed E-state index contributed by atoms with van der Waals surface area (Å²) in [6.07, 6.45) is 13.9. The van der Waals surface area contributed by atoms with Gasteiger partial charge in [0.1, 0.15) is 0 Å². The van der Waals surface area contributed by atoms with Gasteiger partial charge in [-0.3, -0.25) is 4.79 Å². The van der Waals surface area contributed by atoms with Crippen LogP contribution in [0.1, 0.15) is 111 Å². The zero-order chi connectivity index (χ0) is 19.6. The summed E-state index contributed by atoms with van der Waals surface area (Å²) < 4.78 is 10.6. The van der Waals surface area contributed by atoms with Crippen molar-refractivity contribution in [1.82, 2.24) is 0 Å². The maximum atomic E-state index is 11.4. The van der Waals surface area contributed by atoms with Crippen molar-refractivity contribution in [2.75, 3.05) is 6.61 Å². The van der Waals surface area contributed by atoms with Crippen LogP contribution in [0.2, 0.25) is 0 Å².